The second-order valence-electron chi connectivity index (χ2n) is 8.15. The molecule has 3 heteroatoms. The van der Waals surface area contributed by atoms with E-state index in [0.717, 1.165) is 37.1 Å². The summed E-state index contributed by atoms with van der Waals surface area (Å²) in [6, 6.07) is 0.126. The van der Waals surface area contributed by atoms with E-state index < -0.39 is 0 Å². The summed E-state index contributed by atoms with van der Waals surface area (Å²) in [5, 5.41) is 0. The fraction of sp³-hybridized carbons (Fsp3) is 1.00. The molecule has 6 N–H and O–H groups in total. The van der Waals surface area contributed by atoms with Crippen LogP contribution < -0.4 is 17.2 Å². The highest BCUT2D eigenvalue weighted by atomic mass is 14.8. The summed E-state index contributed by atoms with van der Waals surface area (Å²) in [4.78, 5) is 0. The Kier molecular flexibility index (Phi) is 8.96. The van der Waals surface area contributed by atoms with E-state index in [9.17, 15) is 0 Å². The van der Waals surface area contributed by atoms with Gasteiger partial charge in [-0.15, -0.1) is 0 Å². The van der Waals surface area contributed by atoms with Crippen LogP contribution in [-0.4, -0.2) is 18.1 Å². The second-order valence-corrected chi connectivity index (χ2v) is 8.15. The van der Waals surface area contributed by atoms with E-state index in [0.29, 0.717) is 0 Å². The summed E-state index contributed by atoms with van der Waals surface area (Å²) in [6.45, 7) is 7.64. The normalized spacial score (nSPS) is 28.1. The van der Waals surface area contributed by atoms with Gasteiger partial charge in [0, 0.05) is 11.6 Å². The summed E-state index contributed by atoms with van der Waals surface area (Å²) in [6.07, 6.45) is 12.4. The lowest BCUT2D eigenvalue weighted by molar-refractivity contribution is 0.191. The summed E-state index contributed by atoms with van der Waals surface area (Å²) in [7, 11) is 0. The summed E-state index contributed by atoms with van der Waals surface area (Å²) in [5.41, 5.74) is 18.5. The lowest BCUT2D eigenvalue weighted by atomic mass is 9.73. The average Bonchev–Trinajstić information content (AvgIpc) is 2.52. The summed E-state index contributed by atoms with van der Waals surface area (Å²) < 4.78 is 0. The largest absolute Gasteiger partial charge is 0.330 e. The van der Waals surface area contributed by atoms with Gasteiger partial charge in [-0.3, -0.25) is 0 Å². The van der Waals surface area contributed by atoms with Crippen molar-refractivity contribution in [2.45, 2.75) is 96.6 Å². The highest BCUT2D eigenvalue weighted by molar-refractivity contribution is 4.90. The van der Waals surface area contributed by atoms with E-state index >= 15 is 0 Å². The molecule has 0 radical (unpaired) electrons. The molecule has 0 aromatic carbocycles. The summed E-state index contributed by atoms with van der Waals surface area (Å²) >= 11 is 0. The van der Waals surface area contributed by atoms with Gasteiger partial charge in [-0.25, -0.2) is 0 Å². The van der Waals surface area contributed by atoms with Crippen molar-refractivity contribution in [3.63, 3.8) is 0 Å². The first-order valence-electron chi connectivity index (χ1n) is 9.65. The molecule has 132 valence electrons. The van der Waals surface area contributed by atoms with Crippen molar-refractivity contribution < 1.29 is 0 Å². The van der Waals surface area contributed by atoms with Crippen LogP contribution in [0.25, 0.3) is 0 Å². The fourth-order valence-electron chi connectivity index (χ4n) is 4.01. The van der Waals surface area contributed by atoms with Crippen LogP contribution in [0.15, 0.2) is 0 Å². The molecular weight excluding hydrogens is 270 g/mol. The minimum atomic E-state index is -0.207. The lowest BCUT2D eigenvalue weighted by Gasteiger charge is -2.35. The SMILES string of the molecule is CCCCCC(C)(N)C(N)CCC(C)C1CCCC(CN)C1. The first-order valence-corrected chi connectivity index (χ1v) is 9.65. The molecule has 0 aromatic rings. The van der Waals surface area contributed by atoms with E-state index in [1.54, 1.807) is 0 Å². The Morgan fingerprint density at radius 1 is 1.18 bits per heavy atom. The molecule has 0 bridgehead atoms. The van der Waals surface area contributed by atoms with Crippen molar-refractivity contribution >= 4 is 0 Å². The van der Waals surface area contributed by atoms with E-state index in [2.05, 4.69) is 20.8 Å². The van der Waals surface area contributed by atoms with Gasteiger partial charge in [0.15, 0.2) is 0 Å². The van der Waals surface area contributed by atoms with Gasteiger partial charge in [0.05, 0.1) is 0 Å². The number of rotatable bonds is 10. The molecule has 0 spiro atoms. The maximum atomic E-state index is 6.47. The van der Waals surface area contributed by atoms with E-state index in [-0.39, 0.29) is 11.6 Å². The van der Waals surface area contributed by atoms with E-state index in [4.69, 9.17) is 17.2 Å². The Balaban J connectivity index is 2.33. The van der Waals surface area contributed by atoms with Crippen molar-refractivity contribution in [2.24, 2.45) is 35.0 Å². The smallest absolute Gasteiger partial charge is 0.0279 e. The van der Waals surface area contributed by atoms with Crippen LogP contribution in [0.5, 0.6) is 0 Å². The highest BCUT2D eigenvalue weighted by Gasteiger charge is 2.29. The van der Waals surface area contributed by atoms with Gasteiger partial charge in [-0.05, 0) is 63.3 Å². The van der Waals surface area contributed by atoms with Crippen molar-refractivity contribution in [3.05, 3.63) is 0 Å². The monoisotopic (exact) mass is 311 g/mol. The number of hydrogen-bond donors (Lipinski definition) is 3. The van der Waals surface area contributed by atoms with Crippen molar-refractivity contribution in [1.82, 2.24) is 0 Å². The zero-order chi connectivity index (χ0) is 16.6. The molecule has 0 aromatic heterocycles. The Labute approximate surface area is 138 Å². The second kappa shape index (κ2) is 9.89. The first-order chi connectivity index (χ1) is 10.4. The maximum Gasteiger partial charge on any atom is 0.0279 e. The molecular formula is C19H41N3. The highest BCUT2D eigenvalue weighted by Crippen LogP contribution is 2.35. The third-order valence-electron chi connectivity index (χ3n) is 6.06. The number of unbranched alkanes of at least 4 members (excludes halogenated alkanes) is 2. The van der Waals surface area contributed by atoms with Gasteiger partial charge < -0.3 is 17.2 Å². The molecule has 0 saturated heterocycles. The Morgan fingerprint density at radius 2 is 1.91 bits per heavy atom. The van der Waals surface area contributed by atoms with Gasteiger partial charge in [0.25, 0.3) is 0 Å². The van der Waals surface area contributed by atoms with Gasteiger partial charge in [-0.1, -0.05) is 46.0 Å². The fourth-order valence-corrected chi connectivity index (χ4v) is 4.01. The summed E-state index contributed by atoms with van der Waals surface area (Å²) in [5.74, 6) is 2.36. The van der Waals surface area contributed by atoms with Crippen molar-refractivity contribution in [2.75, 3.05) is 6.54 Å². The number of nitrogens with two attached hydrogens (primary N) is 3. The van der Waals surface area contributed by atoms with Gasteiger partial charge >= 0.3 is 0 Å². The Hall–Kier alpha value is -0.120. The molecule has 1 aliphatic carbocycles. The minimum Gasteiger partial charge on any atom is -0.330 e. The zero-order valence-electron chi connectivity index (χ0n) is 15.3. The standard InChI is InChI=1S/C19H41N3/c1-4-5-6-12-19(3,22)18(21)11-10-15(2)17-9-7-8-16(13-17)14-20/h15-18H,4-14,20-22H2,1-3H3. The van der Waals surface area contributed by atoms with Gasteiger partial charge in [-0.2, -0.15) is 0 Å². The van der Waals surface area contributed by atoms with Crippen LogP contribution in [0.2, 0.25) is 0 Å². The molecule has 1 rings (SSSR count). The molecule has 5 unspecified atom stereocenters. The predicted molar refractivity (Wildman–Crippen MR) is 97.6 cm³/mol. The quantitative estimate of drug-likeness (QED) is 0.537. The number of hydrogen-bond acceptors (Lipinski definition) is 3. The van der Waals surface area contributed by atoms with Crippen LogP contribution in [0.4, 0.5) is 0 Å². The molecule has 22 heavy (non-hydrogen) atoms. The Morgan fingerprint density at radius 3 is 2.55 bits per heavy atom. The van der Waals surface area contributed by atoms with E-state index in [1.807, 2.05) is 0 Å². The molecule has 1 aliphatic rings. The third kappa shape index (κ3) is 6.55. The zero-order valence-corrected chi connectivity index (χ0v) is 15.3. The Bertz CT molecular complexity index is 290. The molecule has 1 saturated carbocycles. The third-order valence-corrected chi connectivity index (χ3v) is 6.06. The topological polar surface area (TPSA) is 78.1 Å². The van der Waals surface area contributed by atoms with Crippen molar-refractivity contribution in [3.8, 4) is 0 Å². The molecule has 5 atom stereocenters. The van der Waals surface area contributed by atoms with Crippen LogP contribution in [0, 0.1) is 17.8 Å². The average molecular weight is 312 g/mol. The van der Waals surface area contributed by atoms with Crippen LogP contribution in [0.1, 0.15) is 85.0 Å². The molecule has 3 nitrogen and oxygen atoms in total. The van der Waals surface area contributed by atoms with Crippen LogP contribution >= 0.6 is 0 Å². The van der Waals surface area contributed by atoms with Crippen LogP contribution in [0.3, 0.4) is 0 Å². The molecule has 0 heterocycles. The first kappa shape index (κ1) is 19.9. The lowest BCUT2D eigenvalue weighted by Crippen LogP contribution is -2.53. The van der Waals surface area contributed by atoms with Gasteiger partial charge in [0.2, 0.25) is 0 Å². The van der Waals surface area contributed by atoms with E-state index in [1.165, 1.54) is 51.4 Å². The minimum absolute atomic E-state index is 0.126. The van der Waals surface area contributed by atoms with Crippen molar-refractivity contribution in [1.29, 1.82) is 0 Å². The predicted octanol–water partition coefficient (Wildman–Crippen LogP) is 3.79. The van der Waals surface area contributed by atoms with Gasteiger partial charge in [0.1, 0.15) is 0 Å². The van der Waals surface area contributed by atoms with Crippen LogP contribution in [-0.2, 0) is 0 Å². The maximum absolute atomic E-state index is 6.47. The molecule has 0 aliphatic heterocycles. The molecule has 0 amide bonds. The molecule has 1 fully saturated rings.